The Bertz CT molecular complexity index is 651. The number of anilines is 1. The van der Waals surface area contributed by atoms with E-state index >= 15 is 0 Å². The summed E-state index contributed by atoms with van der Waals surface area (Å²) in [5, 5.41) is 2.96. The predicted molar refractivity (Wildman–Crippen MR) is 78.9 cm³/mol. The van der Waals surface area contributed by atoms with Crippen LogP contribution < -0.4 is 10.8 Å². The van der Waals surface area contributed by atoms with Crippen LogP contribution in [-0.2, 0) is 0 Å². The summed E-state index contributed by atoms with van der Waals surface area (Å²) in [6.07, 6.45) is 0. The Balaban J connectivity index is 2.20. The third kappa shape index (κ3) is 3.36. The van der Waals surface area contributed by atoms with E-state index in [0.717, 1.165) is 6.07 Å². The number of carbonyl (C=O) groups excluding carboxylic acids is 1. The van der Waals surface area contributed by atoms with Crippen molar-refractivity contribution in [3.05, 3.63) is 57.3 Å². The van der Waals surface area contributed by atoms with Gasteiger partial charge in [0.05, 0.1) is 4.47 Å². The number of carbonyl (C=O) groups is 1. The monoisotopic (exact) mass is 337 g/mol. The fourth-order valence-corrected chi connectivity index (χ4v) is 1.87. The SMILES string of the molecule is [B]c1ccc(NC(=O)c2ccc(Br)c(F)c2)cc1Cl. The fraction of sp³-hybridized carbons (Fsp3) is 0. The molecule has 0 saturated heterocycles. The molecule has 0 aliphatic carbocycles. The van der Waals surface area contributed by atoms with Crippen LogP contribution in [0.2, 0.25) is 5.02 Å². The topological polar surface area (TPSA) is 29.1 Å². The van der Waals surface area contributed by atoms with Gasteiger partial charge in [-0.15, -0.1) is 0 Å². The summed E-state index contributed by atoms with van der Waals surface area (Å²) < 4.78 is 13.6. The Kier molecular flexibility index (Phi) is 4.27. The Labute approximate surface area is 124 Å². The van der Waals surface area contributed by atoms with Gasteiger partial charge in [-0.05, 0) is 46.3 Å². The molecule has 19 heavy (non-hydrogen) atoms. The Morgan fingerprint density at radius 1 is 1.26 bits per heavy atom. The molecule has 0 heterocycles. The zero-order valence-corrected chi connectivity index (χ0v) is 11.9. The average Bonchev–Trinajstić information content (AvgIpc) is 2.37. The highest BCUT2D eigenvalue weighted by molar-refractivity contribution is 9.10. The molecule has 0 aliphatic rings. The van der Waals surface area contributed by atoms with Gasteiger partial charge in [0, 0.05) is 16.3 Å². The zero-order chi connectivity index (χ0) is 14.0. The largest absolute Gasteiger partial charge is 0.322 e. The molecule has 2 aromatic carbocycles. The first kappa shape index (κ1) is 14.1. The molecular weight excluding hydrogens is 331 g/mol. The normalized spacial score (nSPS) is 10.3. The summed E-state index contributed by atoms with van der Waals surface area (Å²) in [4.78, 5) is 11.9. The molecule has 0 spiro atoms. The van der Waals surface area contributed by atoms with Crippen molar-refractivity contribution in [2.75, 3.05) is 5.32 Å². The predicted octanol–water partition coefficient (Wildman–Crippen LogP) is 3.29. The van der Waals surface area contributed by atoms with Crippen LogP contribution >= 0.6 is 27.5 Å². The van der Waals surface area contributed by atoms with Gasteiger partial charge in [0.15, 0.2) is 0 Å². The molecule has 0 unspecified atom stereocenters. The highest BCUT2D eigenvalue weighted by Gasteiger charge is 2.09. The minimum atomic E-state index is -0.497. The van der Waals surface area contributed by atoms with Gasteiger partial charge in [-0.25, -0.2) is 4.39 Å². The lowest BCUT2D eigenvalue weighted by Crippen LogP contribution is -2.13. The lowest BCUT2D eigenvalue weighted by Gasteiger charge is -2.07. The van der Waals surface area contributed by atoms with Crippen LogP contribution in [0.1, 0.15) is 10.4 Å². The molecule has 2 aromatic rings. The molecule has 0 atom stereocenters. The second-order valence-electron chi connectivity index (χ2n) is 3.82. The third-order valence-corrected chi connectivity index (χ3v) is 3.41. The zero-order valence-electron chi connectivity index (χ0n) is 9.58. The highest BCUT2D eigenvalue weighted by atomic mass is 79.9. The lowest BCUT2D eigenvalue weighted by atomic mass is 9.96. The van der Waals surface area contributed by atoms with Crippen LogP contribution in [0.5, 0.6) is 0 Å². The van der Waals surface area contributed by atoms with E-state index in [9.17, 15) is 9.18 Å². The maximum Gasteiger partial charge on any atom is 0.255 e. The van der Waals surface area contributed by atoms with E-state index < -0.39 is 11.7 Å². The number of nitrogens with one attached hydrogen (secondary N) is 1. The molecule has 0 bridgehead atoms. The molecule has 0 saturated carbocycles. The molecule has 0 aromatic heterocycles. The van der Waals surface area contributed by atoms with Crippen LogP contribution in [0.25, 0.3) is 0 Å². The highest BCUT2D eigenvalue weighted by Crippen LogP contribution is 2.18. The van der Waals surface area contributed by atoms with Crippen LogP contribution in [0.4, 0.5) is 10.1 Å². The second kappa shape index (κ2) is 5.76. The van der Waals surface area contributed by atoms with Crippen molar-refractivity contribution in [2.45, 2.75) is 0 Å². The van der Waals surface area contributed by atoms with Crippen molar-refractivity contribution < 1.29 is 9.18 Å². The smallest absolute Gasteiger partial charge is 0.255 e. The van der Waals surface area contributed by atoms with Gasteiger partial charge in [0.25, 0.3) is 5.91 Å². The molecular formula is C13H7BBrClFNO. The molecule has 1 amide bonds. The summed E-state index contributed by atoms with van der Waals surface area (Å²) in [5.41, 5.74) is 1.13. The molecule has 2 radical (unpaired) electrons. The van der Waals surface area contributed by atoms with E-state index in [1.54, 1.807) is 12.1 Å². The maximum absolute atomic E-state index is 13.3. The first-order valence-electron chi connectivity index (χ1n) is 5.29. The molecule has 2 nitrogen and oxygen atoms in total. The molecule has 0 aliphatic heterocycles. The number of benzene rings is 2. The van der Waals surface area contributed by atoms with Gasteiger partial charge in [-0.2, -0.15) is 0 Å². The standard InChI is InChI=1S/C13H7BBrClFNO/c14-9-3-2-8(6-11(9)16)18-13(19)7-1-4-10(15)12(17)5-7/h1-6H,(H,18,19). The summed E-state index contributed by atoms with van der Waals surface area (Å²) >= 11 is 8.87. The van der Waals surface area contributed by atoms with Gasteiger partial charge < -0.3 is 5.32 Å². The van der Waals surface area contributed by atoms with Gasteiger partial charge >= 0.3 is 0 Å². The van der Waals surface area contributed by atoms with E-state index in [-0.39, 0.29) is 5.56 Å². The number of hydrogen-bond donors (Lipinski definition) is 1. The maximum atomic E-state index is 13.3. The Morgan fingerprint density at radius 2 is 2.00 bits per heavy atom. The lowest BCUT2D eigenvalue weighted by molar-refractivity contribution is 0.102. The minimum Gasteiger partial charge on any atom is -0.322 e. The van der Waals surface area contributed by atoms with E-state index in [1.165, 1.54) is 18.2 Å². The van der Waals surface area contributed by atoms with Crippen molar-refractivity contribution in [2.24, 2.45) is 0 Å². The van der Waals surface area contributed by atoms with Crippen molar-refractivity contribution in [1.29, 1.82) is 0 Å². The first-order chi connectivity index (χ1) is 8.97. The molecule has 94 valence electrons. The van der Waals surface area contributed by atoms with Crippen LogP contribution in [0, 0.1) is 5.82 Å². The number of amides is 1. The van der Waals surface area contributed by atoms with Crippen molar-refractivity contribution in [3.8, 4) is 0 Å². The van der Waals surface area contributed by atoms with Gasteiger partial charge in [-0.1, -0.05) is 23.1 Å². The fourth-order valence-electron chi connectivity index (χ4n) is 1.45. The molecule has 6 heteroatoms. The summed E-state index contributed by atoms with van der Waals surface area (Å²) in [5.74, 6) is -0.921. The third-order valence-electron chi connectivity index (χ3n) is 2.44. The van der Waals surface area contributed by atoms with Crippen molar-refractivity contribution in [3.63, 3.8) is 0 Å². The van der Waals surface area contributed by atoms with E-state index in [1.807, 2.05) is 0 Å². The van der Waals surface area contributed by atoms with Gasteiger partial charge in [-0.3, -0.25) is 4.79 Å². The Morgan fingerprint density at radius 3 is 2.63 bits per heavy atom. The van der Waals surface area contributed by atoms with E-state index in [2.05, 4.69) is 21.2 Å². The van der Waals surface area contributed by atoms with Gasteiger partial charge in [0.2, 0.25) is 0 Å². The van der Waals surface area contributed by atoms with Crippen LogP contribution in [0.15, 0.2) is 40.9 Å². The van der Waals surface area contributed by atoms with Crippen LogP contribution in [0.3, 0.4) is 0 Å². The average molecular weight is 338 g/mol. The first-order valence-corrected chi connectivity index (χ1v) is 6.46. The summed E-state index contributed by atoms with van der Waals surface area (Å²) in [7, 11) is 5.57. The van der Waals surface area contributed by atoms with E-state index in [4.69, 9.17) is 19.4 Å². The number of halogens is 3. The summed E-state index contributed by atoms with van der Waals surface area (Å²) in [6.45, 7) is 0. The molecule has 1 N–H and O–H groups in total. The quantitative estimate of drug-likeness (QED) is 0.837. The molecule has 2 rings (SSSR count). The van der Waals surface area contributed by atoms with Gasteiger partial charge in [0.1, 0.15) is 13.7 Å². The second-order valence-corrected chi connectivity index (χ2v) is 5.08. The molecule has 0 fully saturated rings. The number of hydrogen-bond acceptors (Lipinski definition) is 1. The van der Waals surface area contributed by atoms with E-state index in [0.29, 0.717) is 20.6 Å². The summed E-state index contributed by atoms with van der Waals surface area (Å²) in [6, 6.07) is 8.87. The van der Waals surface area contributed by atoms with Crippen molar-refractivity contribution >= 4 is 52.4 Å². The van der Waals surface area contributed by atoms with Crippen molar-refractivity contribution in [1.82, 2.24) is 0 Å². The number of rotatable bonds is 2. The Hall–Kier alpha value is -1.33. The minimum absolute atomic E-state index is 0.216. The van der Waals surface area contributed by atoms with Crippen LogP contribution in [-0.4, -0.2) is 13.8 Å².